The fourth-order valence-corrected chi connectivity index (χ4v) is 1.83. The molecule has 62 valence electrons. The minimum atomic E-state index is 1.03. The maximum absolute atomic E-state index is 4.24. The van der Waals surface area contributed by atoms with Crippen molar-refractivity contribution in [2.45, 2.75) is 26.8 Å². The molecule has 0 unspecified atom stereocenters. The number of aromatic nitrogens is 1. The molecule has 1 aliphatic heterocycles. The van der Waals surface area contributed by atoms with Gasteiger partial charge in [0.2, 0.25) is 0 Å². The molecule has 0 fully saturated rings. The van der Waals surface area contributed by atoms with Crippen molar-refractivity contribution >= 4 is 11.3 Å². The van der Waals surface area contributed by atoms with E-state index >= 15 is 0 Å². The lowest BCUT2D eigenvalue weighted by Gasteiger charge is -2.09. The highest BCUT2D eigenvalue weighted by Crippen LogP contribution is 2.15. The average Bonchev–Trinajstić information content (AvgIpc) is 2.55. The van der Waals surface area contributed by atoms with Crippen LogP contribution in [0.1, 0.15) is 24.4 Å². The Labute approximate surface area is 71.7 Å². The lowest BCUT2D eigenvalue weighted by Crippen LogP contribution is -2.22. The lowest BCUT2D eigenvalue weighted by molar-refractivity contribution is 0.644. The second-order valence-electron chi connectivity index (χ2n) is 2.15. The van der Waals surface area contributed by atoms with Crippen LogP contribution in [0.4, 0.5) is 0 Å². The normalized spacial score (nSPS) is 14.7. The molecule has 1 aliphatic rings. The zero-order valence-corrected chi connectivity index (χ0v) is 7.87. The van der Waals surface area contributed by atoms with Crippen molar-refractivity contribution in [1.29, 1.82) is 0 Å². The van der Waals surface area contributed by atoms with Gasteiger partial charge in [-0.25, -0.2) is 4.98 Å². The van der Waals surface area contributed by atoms with Gasteiger partial charge in [0, 0.05) is 24.4 Å². The first-order valence-corrected chi connectivity index (χ1v) is 4.97. The van der Waals surface area contributed by atoms with Crippen LogP contribution in [-0.4, -0.2) is 11.5 Å². The Bertz CT molecular complexity index is 187. The molecule has 0 aliphatic carbocycles. The van der Waals surface area contributed by atoms with E-state index in [1.807, 2.05) is 19.4 Å². The van der Waals surface area contributed by atoms with Crippen LogP contribution in [-0.2, 0) is 13.0 Å². The molecule has 0 radical (unpaired) electrons. The van der Waals surface area contributed by atoms with Gasteiger partial charge in [-0.15, -0.1) is 11.3 Å². The quantitative estimate of drug-likeness (QED) is 0.642. The highest BCUT2D eigenvalue weighted by atomic mass is 32.1. The second kappa shape index (κ2) is 4.46. The molecular weight excluding hydrogens is 156 g/mol. The van der Waals surface area contributed by atoms with Gasteiger partial charge in [-0.05, 0) is 0 Å². The van der Waals surface area contributed by atoms with Crippen LogP contribution in [0.15, 0.2) is 5.51 Å². The molecule has 1 N–H and O–H groups in total. The molecule has 0 spiro atoms. The number of fused-ring (bicyclic) bond motifs is 1. The third kappa shape index (κ3) is 2.01. The minimum Gasteiger partial charge on any atom is -0.311 e. The summed E-state index contributed by atoms with van der Waals surface area (Å²) in [6.07, 6.45) is 1.11. The number of hydrogen-bond donors (Lipinski definition) is 1. The minimum absolute atomic E-state index is 1.03. The Morgan fingerprint density at radius 1 is 1.55 bits per heavy atom. The Kier molecular flexibility index (Phi) is 3.52. The van der Waals surface area contributed by atoms with Crippen LogP contribution in [0.25, 0.3) is 0 Å². The van der Waals surface area contributed by atoms with Gasteiger partial charge in [-0.1, -0.05) is 13.8 Å². The van der Waals surface area contributed by atoms with Gasteiger partial charge in [0.25, 0.3) is 0 Å². The molecule has 1 aromatic rings. The Balaban J connectivity index is 0.000000281. The van der Waals surface area contributed by atoms with Gasteiger partial charge in [-0.3, -0.25) is 0 Å². The van der Waals surface area contributed by atoms with Gasteiger partial charge in [-0.2, -0.15) is 0 Å². The molecule has 2 heterocycles. The van der Waals surface area contributed by atoms with Crippen LogP contribution >= 0.6 is 11.3 Å². The summed E-state index contributed by atoms with van der Waals surface area (Å²) in [6.45, 7) is 6.12. The van der Waals surface area contributed by atoms with Crippen molar-refractivity contribution in [1.82, 2.24) is 10.3 Å². The third-order valence-electron chi connectivity index (χ3n) is 1.55. The molecule has 0 saturated heterocycles. The van der Waals surface area contributed by atoms with E-state index < -0.39 is 0 Å². The van der Waals surface area contributed by atoms with Crippen LogP contribution in [0.3, 0.4) is 0 Å². The molecule has 1 aromatic heterocycles. The monoisotopic (exact) mass is 170 g/mol. The first-order chi connectivity index (χ1) is 5.47. The van der Waals surface area contributed by atoms with E-state index in [9.17, 15) is 0 Å². The standard InChI is InChI=1S/C6H8N2S.C2H6/c1-2-7-3-6-5(1)8-4-9-6;1-2/h4,7H,1-3H2;1-2H3. The first kappa shape index (κ1) is 8.68. The van der Waals surface area contributed by atoms with Crippen LogP contribution in [0.5, 0.6) is 0 Å². The summed E-state index contributed by atoms with van der Waals surface area (Å²) in [7, 11) is 0. The smallest absolute Gasteiger partial charge is 0.0798 e. The van der Waals surface area contributed by atoms with Crippen LogP contribution in [0, 0.1) is 0 Å². The fourth-order valence-electron chi connectivity index (χ4n) is 1.05. The predicted octanol–water partition coefficient (Wildman–Crippen LogP) is 1.81. The molecule has 2 rings (SSSR count). The maximum Gasteiger partial charge on any atom is 0.0798 e. The zero-order chi connectivity index (χ0) is 8.10. The van der Waals surface area contributed by atoms with E-state index in [0.29, 0.717) is 0 Å². The lowest BCUT2D eigenvalue weighted by atomic mass is 10.2. The number of hydrogen-bond acceptors (Lipinski definition) is 3. The third-order valence-corrected chi connectivity index (χ3v) is 2.42. The Hall–Kier alpha value is -0.410. The molecule has 0 atom stereocenters. The number of thiazole rings is 1. The van der Waals surface area contributed by atoms with Crippen molar-refractivity contribution in [3.63, 3.8) is 0 Å². The number of rotatable bonds is 0. The molecule has 3 heteroatoms. The van der Waals surface area contributed by atoms with Gasteiger partial charge in [0.15, 0.2) is 0 Å². The van der Waals surface area contributed by atoms with Crippen molar-refractivity contribution < 1.29 is 0 Å². The summed E-state index contributed by atoms with van der Waals surface area (Å²) in [5.74, 6) is 0. The summed E-state index contributed by atoms with van der Waals surface area (Å²) in [5, 5.41) is 3.30. The van der Waals surface area contributed by atoms with Crippen LogP contribution in [0.2, 0.25) is 0 Å². The van der Waals surface area contributed by atoms with E-state index in [4.69, 9.17) is 0 Å². The summed E-state index contributed by atoms with van der Waals surface area (Å²) in [6, 6.07) is 0. The van der Waals surface area contributed by atoms with Gasteiger partial charge >= 0.3 is 0 Å². The summed E-state index contributed by atoms with van der Waals surface area (Å²) in [4.78, 5) is 5.65. The molecule has 0 saturated carbocycles. The summed E-state index contributed by atoms with van der Waals surface area (Å²) in [5.41, 5.74) is 3.23. The van der Waals surface area contributed by atoms with Crippen molar-refractivity contribution in [3.8, 4) is 0 Å². The van der Waals surface area contributed by atoms with Crippen molar-refractivity contribution in [3.05, 3.63) is 16.1 Å². The second-order valence-corrected chi connectivity index (χ2v) is 3.09. The summed E-state index contributed by atoms with van der Waals surface area (Å²) >= 11 is 1.75. The highest BCUT2D eigenvalue weighted by molar-refractivity contribution is 7.09. The average molecular weight is 170 g/mol. The van der Waals surface area contributed by atoms with Crippen molar-refractivity contribution in [2.75, 3.05) is 6.54 Å². The van der Waals surface area contributed by atoms with Gasteiger partial charge < -0.3 is 5.32 Å². The highest BCUT2D eigenvalue weighted by Gasteiger charge is 2.09. The molecule has 2 nitrogen and oxygen atoms in total. The van der Waals surface area contributed by atoms with E-state index in [2.05, 4.69) is 10.3 Å². The largest absolute Gasteiger partial charge is 0.311 e. The van der Waals surface area contributed by atoms with E-state index in [0.717, 1.165) is 19.5 Å². The molecule has 0 aromatic carbocycles. The molecular formula is C8H14N2S. The topological polar surface area (TPSA) is 24.9 Å². The SMILES string of the molecule is CC.c1nc2c(s1)CNCC2. The first-order valence-electron chi connectivity index (χ1n) is 4.09. The molecule has 0 amide bonds. The van der Waals surface area contributed by atoms with Gasteiger partial charge in [0.05, 0.1) is 11.2 Å². The number of nitrogens with one attached hydrogen (secondary N) is 1. The van der Waals surface area contributed by atoms with Crippen LogP contribution < -0.4 is 5.32 Å². The Morgan fingerprint density at radius 3 is 3.09 bits per heavy atom. The molecule has 0 bridgehead atoms. The zero-order valence-electron chi connectivity index (χ0n) is 7.05. The van der Waals surface area contributed by atoms with E-state index in [1.54, 1.807) is 11.3 Å². The maximum atomic E-state index is 4.24. The predicted molar refractivity (Wildman–Crippen MR) is 48.9 cm³/mol. The van der Waals surface area contributed by atoms with E-state index in [1.165, 1.54) is 10.6 Å². The summed E-state index contributed by atoms with van der Waals surface area (Å²) < 4.78 is 0. The van der Waals surface area contributed by atoms with E-state index in [-0.39, 0.29) is 0 Å². The number of nitrogens with zero attached hydrogens (tertiary/aromatic N) is 1. The molecule has 11 heavy (non-hydrogen) atoms. The fraction of sp³-hybridized carbons (Fsp3) is 0.625. The van der Waals surface area contributed by atoms with Crippen molar-refractivity contribution in [2.24, 2.45) is 0 Å². The Morgan fingerprint density at radius 2 is 2.36 bits per heavy atom. The van der Waals surface area contributed by atoms with Gasteiger partial charge in [0.1, 0.15) is 0 Å².